The summed E-state index contributed by atoms with van der Waals surface area (Å²) in [6.07, 6.45) is 0. The summed E-state index contributed by atoms with van der Waals surface area (Å²) < 4.78 is 1.47. The summed E-state index contributed by atoms with van der Waals surface area (Å²) in [5.74, 6) is -0.113. The molecular weight excluding hydrogens is 248 g/mol. The van der Waals surface area contributed by atoms with Crippen molar-refractivity contribution in [2.24, 2.45) is 0 Å². The average molecular weight is 262 g/mol. The van der Waals surface area contributed by atoms with Crippen LogP contribution >= 0.6 is 0 Å². The molecule has 0 fully saturated rings. The van der Waals surface area contributed by atoms with E-state index in [0.717, 1.165) is 17.0 Å². The van der Waals surface area contributed by atoms with Crippen molar-refractivity contribution in [3.05, 3.63) is 78.0 Å². The van der Waals surface area contributed by atoms with Crippen molar-refractivity contribution in [3.8, 4) is 11.3 Å². The molecule has 0 saturated heterocycles. The van der Waals surface area contributed by atoms with Gasteiger partial charge in [0.05, 0.1) is 11.4 Å². The van der Waals surface area contributed by atoms with Gasteiger partial charge in [-0.2, -0.15) is 9.78 Å². The van der Waals surface area contributed by atoms with Gasteiger partial charge in [-0.25, -0.2) is 0 Å². The zero-order chi connectivity index (χ0) is 13.9. The monoisotopic (exact) mass is 262 g/mol. The smallest absolute Gasteiger partial charge is 0.267 e. The Morgan fingerprint density at radius 2 is 1.55 bits per heavy atom. The standard InChI is InChI=1S/C17H14N2O/c1-13-12-16(14-8-4-2-5-9-14)19(18-13)17(20)15-10-6-3-7-11-15/h2-12H,1H3. The minimum absolute atomic E-state index is 0.113. The Hall–Kier alpha value is -2.68. The van der Waals surface area contributed by atoms with Crippen LogP contribution < -0.4 is 0 Å². The summed E-state index contributed by atoms with van der Waals surface area (Å²) >= 11 is 0. The second kappa shape index (κ2) is 5.13. The molecule has 0 unspecified atom stereocenters. The van der Waals surface area contributed by atoms with Crippen molar-refractivity contribution in [1.29, 1.82) is 0 Å². The molecular formula is C17H14N2O. The molecule has 1 heterocycles. The first-order valence-corrected chi connectivity index (χ1v) is 6.47. The number of aryl methyl sites for hydroxylation is 1. The van der Waals surface area contributed by atoms with E-state index >= 15 is 0 Å². The van der Waals surface area contributed by atoms with Crippen molar-refractivity contribution in [3.63, 3.8) is 0 Å². The molecule has 0 aliphatic heterocycles. The predicted molar refractivity (Wildman–Crippen MR) is 78.6 cm³/mol. The second-order valence-corrected chi connectivity index (χ2v) is 4.62. The Kier molecular flexibility index (Phi) is 3.17. The molecule has 1 aromatic heterocycles. The highest BCUT2D eigenvalue weighted by molar-refractivity contribution is 5.97. The van der Waals surface area contributed by atoms with Crippen LogP contribution in [-0.2, 0) is 0 Å². The maximum Gasteiger partial charge on any atom is 0.278 e. The van der Waals surface area contributed by atoms with Gasteiger partial charge in [-0.15, -0.1) is 0 Å². The van der Waals surface area contributed by atoms with E-state index < -0.39 is 0 Å². The molecule has 0 spiro atoms. The van der Waals surface area contributed by atoms with E-state index in [0.29, 0.717) is 5.56 Å². The zero-order valence-corrected chi connectivity index (χ0v) is 11.2. The van der Waals surface area contributed by atoms with Crippen LogP contribution in [-0.4, -0.2) is 15.7 Å². The molecule has 3 rings (SSSR count). The summed E-state index contributed by atoms with van der Waals surface area (Å²) in [6.45, 7) is 1.89. The lowest BCUT2D eigenvalue weighted by atomic mass is 10.1. The SMILES string of the molecule is Cc1cc(-c2ccccc2)n(C(=O)c2ccccc2)n1. The summed E-state index contributed by atoms with van der Waals surface area (Å²) in [5.41, 5.74) is 3.26. The molecule has 3 nitrogen and oxygen atoms in total. The van der Waals surface area contributed by atoms with Gasteiger partial charge in [0.2, 0.25) is 0 Å². The number of benzene rings is 2. The largest absolute Gasteiger partial charge is 0.278 e. The molecule has 0 bridgehead atoms. The van der Waals surface area contributed by atoms with E-state index in [1.807, 2.05) is 61.5 Å². The predicted octanol–water partition coefficient (Wildman–Crippen LogP) is 3.55. The van der Waals surface area contributed by atoms with Crippen LogP contribution in [0.3, 0.4) is 0 Å². The van der Waals surface area contributed by atoms with Crippen LogP contribution in [0.15, 0.2) is 66.7 Å². The average Bonchev–Trinajstić information content (AvgIpc) is 2.90. The normalized spacial score (nSPS) is 10.4. The van der Waals surface area contributed by atoms with Gasteiger partial charge < -0.3 is 0 Å². The minimum atomic E-state index is -0.113. The van der Waals surface area contributed by atoms with Crippen LogP contribution in [0.1, 0.15) is 16.1 Å². The van der Waals surface area contributed by atoms with Crippen molar-refractivity contribution in [2.45, 2.75) is 6.92 Å². The minimum Gasteiger partial charge on any atom is -0.267 e. The van der Waals surface area contributed by atoms with Gasteiger partial charge in [0, 0.05) is 11.1 Å². The topological polar surface area (TPSA) is 34.9 Å². The molecule has 0 radical (unpaired) electrons. The summed E-state index contributed by atoms with van der Waals surface area (Å²) in [4.78, 5) is 12.6. The Bertz CT molecular complexity index is 730. The van der Waals surface area contributed by atoms with Crippen molar-refractivity contribution < 1.29 is 4.79 Å². The molecule has 20 heavy (non-hydrogen) atoms. The number of carbonyl (C=O) groups is 1. The lowest BCUT2D eigenvalue weighted by Crippen LogP contribution is -2.14. The first-order chi connectivity index (χ1) is 9.75. The van der Waals surface area contributed by atoms with Crippen LogP contribution in [0, 0.1) is 6.92 Å². The van der Waals surface area contributed by atoms with Gasteiger partial charge in [-0.05, 0) is 25.1 Å². The number of hydrogen-bond donors (Lipinski definition) is 0. The van der Waals surface area contributed by atoms with Crippen LogP contribution in [0.4, 0.5) is 0 Å². The lowest BCUT2D eigenvalue weighted by molar-refractivity contribution is 0.0947. The number of hydrogen-bond acceptors (Lipinski definition) is 2. The quantitative estimate of drug-likeness (QED) is 0.708. The Labute approximate surface area is 117 Å². The van der Waals surface area contributed by atoms with Crippen LogP contribution in [0.2, 0.25) is 0 Å². The third kappa shape index (κ3) is 2.26. The van der Waals surface area contributed by atoms with Crippen molar-refractivity contribution >= 4 is 5.91 Å². The van der Waals surface area contributed by atoms with E-state index in [-0.39, 0.29) is 5.91 Å². The highest BCUT2D eigenvalue weighted by Crippen LogP contribution is 2.21. The Morgan fingerprint density at radius 1 is 0.950 bits per heavy atom. The molecule has 0 amide bonds. The van der Waals surface area contributed by atoms with Crippen LogP contribution in [0.25, 0.3) is 11.3 Å². The molecule has 2 aromatic carbocycles. The fraction of sp³-hybridized carbons (Fsp3) is 0.0588. The van der Waals surface area contributed by atoms with E-state index in [2.05, 4.69) is 5.10 Å². The van der Waals surface area contributed by atoms with Crippen molar-refractivity contribution in [2.75, 3.05) is 0 Å². The molecule has 0 aliphatic rings. The molecule has 0 atom stereocenters. The molecule has 0 aliphatic carbocycles. The van der Waals surface area contributed by atoms with E-state index in [1.165, 1.54) is 4.68 Å². The fourth-order valence-electron chi connectivity index (χ4n) is 2.17. The maximum absolute atomic E-state index is 12.6. The number of carbonyl (C=O) groups excluding carboxylic acids is 1. The molecule has 3 heteroatoms. The van der Waals surface area contributed by atoms with E-state index in [9.17, 15) is 4.79 Å². The summed E-state index contributed by atoms with van der Waals surface area (Å²) in [6, 6.07) is 20.9. The van der Waals surface area contributed by atoms with Gasteiger partial charge in [0.25, 0.3) is 5.91 Å². The molecule has 3 aromatic rings. The molecule has 98 valence electrons. The van der Waals surface area contributed by atoms with Crippen LogP contribution in [0.5, 0.6) is 0 Å². The zero-order valence-electron chi connectivity index (χ0n) is 11.2. The van der Waals surface area contributed by atoms with Gasteiger partial charge >= 0.3 is 0 Å². The highest BCUT2D eigenvalue weighted by Gasteiger charge is 2.15. The first kappa shape index (κ1) is 12.4. The third-order valence-corrected chi connectivity index (χ3v) is 3.11. The summed E-state index contributed by atoms with van der Waals surface area (Å²) in [5, 5.41) is 4.33. The maximum atomic E-state index is 12.6. The van der Waals surface area contributed by atoms with Gasteiger partial charge in [-0.1, -0.05) is 48.5 Å². The molecule has 0 N–H and O–H groups in total. The lowest BCUT2D eigenvalue weighted by Gasteiger charge is -2.06. The fourth-order valence-corrected chi connectivity index (χ4v) is 2.17. The van der Waals surface area contributed by atoms with Gasteiger partial charge in [0.15, 0.2) is 0 Å². The number of rotatable bonds is 2. The Balaban J connectivity index is 2.09. The first-order valence-electron chi connectivity index (χ1n) is 6.47. The van der Waals surface area contributed by atoms with Crippen molar-refractivity contribution in [1.82, 2.24) is 9.78 Å². The molecule has 0 saturated carbocycles. The second-order valence-electron chi connectivity index (χ2n) is 4.62. The third-order valence-electron chi connectivity index (χ3n) is 3.11. The summed E-state index contributed by atoms with van der Waals surface area (Å²) in [7, 11) is 0. The van der Waals surface area contributed by atoms with E-state index in [1.54, 1.807) is 12.1 Å². The Morgan fingerprint density at radius 3 is 2.20 bits per heavy atom. The number of nitrogens with zero attached hydrogens (tertiary/aromatic N) is 2. The van der Waals surface area contributed by atoms with Gasteiger partial charge in [0.1, 0.15) is 0 Å². The highest BCUT2D eigenvalue weighted by atomic mass is 16.2. The van der Waals surface area contributed by atoms with E-state index in [4.69, 9.17) is 0 Å². The van der Waals surface area contributed by atoms with Gasteiger partial charge in [-0.3, -0.25) is 4.79 Å². The number of aromatic nitrogens is 2.